The average Bonchev–Trinajstić information content (AvgIpc) is 3.02. The molecule has 1 aliphatic heterocycles. The lowest BCUT2D eigenvalue weighted by molar-refractivity contribution is 0.00768. The Kier molecular flexibility index (Phi) is 2.74. The first-order chi connectivity index (χ1) is 9.08. The first kappa shape index (κ1) is 12.1. The maximum atomic E-state index is 13.7. The van der Waals surface area contributed by atoms with Crippen molar-refractivity contribution in [3.05, 3.63) is 29.8 Å². The largest absolute Gasteiger partial charge is 0.399 e. The van der Waals surface area contributed by atoms with Crippen LogP contribution in [-0.4, -0.2) is 16.7 Å². The molecule has 5 nitrogen and oxygen atoms in total. The lowest BCUT2D eigenvalue weighted by Gasteiger charge is -2.17. The van der Waals surface area contributed by atoms with Crippen LogP contribution in [0.15, 0.2) is 22.7 Å². The predicted octanol–water partition coefficient (Wildman–Crippen LogP) is 2.48. The molecule has 1 aromatic carbocycles. The number of aromatic nitrogens is 2. The minimum absolute atomic E-state index is 0.122. The number of hydrogen-bond acceptors (Lipinski definition) is 5. The lowest BCUT2D eigenvalue weighted by Crippen LogP contribution is -2.21. The molecular formula is C13H14FN3O2. The SMILES string of the molecule is CC1(c2noc(-c3cc(N)ccc3F)n2)CCCO1. The molecule has 1 aliphatic rings. The molecule has 2 N–H and O–H groups in total. The van der Waals surface area contributed by atoms with Crippen LogP contribution in [0.25, 0.3) is 11.5 Å². The van der Waals surface area contributed by atoms with E-state index in [0.29, 0.717) is 18.1 Å². The van der Waals surface area contributed by atoms with Crippen LogP contribution in [0.4, 0.5) is 10.1 Å². The Morgan fingerprint density at radius 2 is 2.26 bits per heavy atom. The van der Waals surface area contributed by atoms with Gasteiger partial charge < -0.3 is 15.0 Å². The van der Waals surface area contributed by atoms with E-state index in [0.717, 1.165) is 12.8 Å². The first-order valence-electron chi connectivity index (χ1n) is 6.12. The van der Waals surface area contributed by atoms with E-state index in [-0.39, 0.29) is 11.5 Å². The van der Waals surface area contributed by atoms with Crippen LogP contribution in [0.1, 0.15) is 25.6 Å². The second-order valence-electron chi connectivity index (χ2n) is 4.85. The van der Waals surface area contributed by atoms with Gasteiger partial charge in [-0.2, -0.15) is 4.98 Å². The van der Waals surface area contributed by atoms with E-state index in [4.69, 9.17) is 15.0 Å². The fourth-order valence-corrected chi connectivity index (χ4v) is 2.21. The van der Waals surface area contributed by atoms with Crippen molar-refractivity contribution < 1.29 is 13.7 Å². The first-order valence-corrected chi connectivity index (χ1v) is 6.12. The molecule has 0 radical (unpaired) electrons. The molecule has 3 rings (SSSR count). The third-order valence-electron chi connectivity index (χ3n) is 3.34. The van der Waals surface area contributed by atoms with E-state index in [1.54, 1.807) is 0 Å². The van der Waals surface area contributed by atoms with Gasteiger partial charge in [-0.3, -0.25) is 0 Å². The smallest absolute Gasteiger partial charge is 0.261 e. The van der Waals surface area contributed by atoms with Crippen LogP contribution >= 0.6 is 0 Å². The summed E-state index contributed by atoms with van der Waals surface area (Å²) in [7, 11) is 0. The number of halogens is 1. The van der Waals surface area contributed by atoms with Gasteiger partial charge in [0.1, 0.15) is 11.4 Å². The van der Waals surface area contributed by atoms with Crippen molar-refractivity contribution in [3.8, 4) is 11.5 Å². The Balaban J connectivity index is 1.99. The van der Waals surface area contributed by atoms with Gasteiger partial charge in [-0.05, 0) is 38.0 Å². The van der Waals surface area contributed by atoms with Gasteiger partial charge in [-0.15, -0.1) is 0 Å². The molecule has 2 aromatic rings. The molecule has 1 aromatic heterocycles. The van der Waals surface area contributed by atoms with E-state index < -0.39 is 11.4 Å². The highest BCUT2D eigenvalue weighted by atomic mass is 19.1. The van der Waals surface area contributed by atoms with Gasteiger partial charge in [-0.1, -0.05) is 5.16 Å². The quantitative estimate of drug-likeness (QED) is 0.842. The molecule has 0 spiro atoms. The van der Waals surface area contributed by atoms with Crippen LogP contribution in [0, 0.1) is 5.82 Å². The van der Waals surface area contributed by atoms with Crippen LogP contribution in [0.5, 0.6) is 0 Å². The monoisotopic (exact) mass is 263 g/mol. The van der Waals surface area contributed by atoms with Crippen LogP contribution in [-0.2, 0) is 10.3 Å². The van der Waals surface area contributed by atoms with Crippen molar-refractivity contribution in [2.45, 2.75) is 25.4 Å². The van der Waals surface area contributed by atoms with Crippen LogP contribution in [0.2, 0.25) is 0 Å². The Bertz CT molecular complexity index is 606. The molecule has 1 atom stereocenters. The number of hydrogen-bond donors (Lipinski definition) is 1. The zero-order chi connectivity index (χ0) is 13.5. The zero-order valence-electron chi connectivity index (χ0n) is 10.5. The Morgan fingerprint density at radius 1 is 1.42 bits per heavy atom. The molecule has 0 bridgehead atoms. The highest BCUT2D eigenvalue weighted by Gasteiger charge is 2.36. The molecule has 19 heavy (non-hydrogen) atoms. The molecule has 1 unspecified atom stereocenters. The number of ether oxygens (including phenoxy) is 1. The van der Waals surface area contributed by atoms with E-state index >= 15 is 0 Å². The van der Waals surface area contributed by atoms with Gasteiger partial charge in [0, 0.05) is 12.3 Å². The molecule has 1 fully saturated rings. The zero-order valence-corrected chi connectivity index (χ0v) is 10.5. The van der Waals surface area contributed by atoms with Gasteiger partial charge in [0.15, 0.2) is 0 Å². The second-order valence-corrected chi connectivity index (χ2v) is 4.85. The number of anilines is 1. The Morgan fingerprint density at radius 3 is 3.00 bits per heavy atom. The predicted molar refractivity (Wildman–Crippen MR) is 66.6 cm³/mol. The maximum absolute atomic E-state index is 13.7. The summed E-state index contributed by atoms with van der Waals surface area (Å²) in [4.78, 5) is 4.24. The van der Waals surface area contributed by atoms with Crippen molar-refractivity contribution in [2.75, 3.05) is 12.3 Å². The van der Waals surface area contributed by atoms with Gasteiger partial charge in [0.25, 0.3) is 5.89 Å². The number of benzene rings is 1. The summed E-state index contributed by atoms with van der Waals surface area (Å²) >= 11 is 0. The summed E-state index contributed by atoms with van der Waals surface area (Å²) < 4.78 is 24.5. The van der Waals surface area contributed by atoms with Crippen molar-refractivity contribution in [2.24, 2.45) is 0 Å². The standard InChI is InChI=1S/C13H14FN3O2/c1-13(5-2-6-18-13)12-16-11(19-17-12)9-7-8(15)3-4-10(9)14/h3-4,7H,2,5-6,15H2,1H3. The van der Waals surface area contributed by atoms with Crippen molar-refractivity contribution in [1.29, 1.82) is 0 Å². The minimum atomic E-state index is -0.543. The fourth-order valence-electron chi connectivity index (χ4n) is 2.21. The fraction of sp³-hybridized carbons (Fsp3) is 0.385. The number of nitrogen functional groups attached to an aromatic ring is 1. The van der Waals surface area contributed by atoms with Crippen molar-refractivity contribution in [1.82, 2.24) is 10.1 Å². The second kappa shape index (κ2) is 4.31. The van der Waals surface area contributed by atoms with E-state index in [1.165, 1.54) is 18.2 Å². The number of nitrogens with zero attached hydrogens (tertiary/aromatic N) is 2. The van der Waals surface area contributed by atoms with E-state index in [1.807, 2.05) is 6.92 Å². The van der Waals surface area contributed by atoms with Gasteiger partial charge in [0.2, 0.25) is 5.82 Å². The molecular weight excluding hydrogens is 249 g/mol. The molecule has 0 aliphatic carbocycles. The molecule has 0 amide bonds. The number of nitrogens with two attached hydrogens (primary N) is 1. The minimum Gasteiger partial charge on any atom is -0.399 e. The van der Waals surface area contributed by atoms with Gasteiger partial charge >= 0.3 is 0 Å². The van der Waals surface area contributed by atoms with Gasteiger partial charge in [-0.25, -0.2) is 4.39 Å². The van der Waals surface area contributed by atoms with E-state index in [9.17, 15) is 4.39 Å². The summed E-state index contributed by atoms with van der Waals surface area (Å²) in [5, 5.41) is 3.90. The molecule has 6 heteroatoms. The van der Waals surface area contributed by atoms with Crippen molar-refractivity contribution in [3.63, 3.8) is 0 Å². The highest BCUT2D eigenvalue weighted by molar-refractivity contribution is 5.60. The number of rotatable bonds is 2. The molecule has 0 saturated carbocycles. The summed E-state index contributed by atoms with van der Waals surface area (Å²) in [5.41, 5.74) is 5.75. The topological polar surface area (TPSA) is 74.2 Å². The summed E-state index contributed by atoms with van der Waals surface area (Å²) in [5.74, 6) is 0.125. The summed E-state index contributed by atoms with van der Waals surface area (Å²) in [6.07, 6.45) is 1.78. The third kappa shape index (κ3) is 2.08. The molecule has 100 valence electrons. The lowest BCUT2D eigenvalue weighted by atomic mass is 10.0. The Labute approximate surface area is 109 Å². The summed E-state index contributed by atoms with van der Waals surface area (Å²) in [6.45, 7) is 2.58. The molecule has 2 heterocycles. The Hall–Kier alpha value is -1.95. The summed E-state index contributed by atoms with van der Waals surface area (Å²) in [6, 6.07) is 4.24. The highest BCUT2D eigenvalue weighted by Crippen LogP contribution is 2.35. The normalized spacial score (nSPS) is 22.8. The average molecular weight is 263 g/mol. The van der Waals surface area contributed by atoms with Crippen LogP contribution < -0.4 is 5.73 Å². The third-order valence-corrected chi connectivity index (χ3v) is 3.34. The van der Waals surface area contributed by atoms with Crippen molar-refractivity contribution >= 4 is 5.69 Å². The maximum Gasteiger partial charge on any atom is 0.261 e. The van der Waals surface area contributed by atoms with Gasteiger partial charge in [0.05, 0.1) is 5.56 Å². The molecule has 1 saturated heterocycles. The van der Waals surface area contributed by atoms with E-state index in [2.05, 4.69) is 10.1 Å². The van der Waals surface area contributed by atoms with Crippen LogP contribution in [0.3, 0.4) is 0 Å².